The lowest BCUT2D eigenvalue weighted by Crippen LogP contribution is -1.76. The first-order chi connectivity index (χ1) is 5.95. The molecule has 0 unspecified atom stereocenters. The minimum atomic E-state index is 0. The van der Waals surface area contributed by atoms with Gasteiger partial charge in [-0.25, -0.2) is 0 Å². The summed E-state index contributed by atoms with van der Waals surface area (Å²) in [7, 11) is 0. The molecular formula is C13H12. The first-order valence-corrected chi connectivity index (χ1v) is 4.15. The summed E-state index contributed by atoms with van der Waals surface area (Å²) in [6.45, 7) is 0. The summed E-state index contributed by atoms with van der Waals surface area (Å²) < 4.78 is 0. The van der Waals surface area contributed by atoms with Gasteiger partial charge in [-0.1, -0.05) is 56.0 Å². The Labute approximate surface area is 78.5 Å². The average molecular weight is 168 g/mol. The second kappa shape index (κ2) is 2.74. The molecule has 0 atom stereocenters. The van der Waals surface area contributed by atoms with Gasteiger partial charge in [0, 0.05) is 0 Å². The van der Waals surface area contributed by atoms with Gasteiger partial charge in [-0.15, -0.1) is 0 Å². The summed E-state index contributed by atoms with van der Waals surface area (Å²) in [5.41, 5.74) is 2.70. The zero-order valence-corrected chi connectivity index (χ0v) is 6.62. The van der Waals surface area contributed by atoms with Gasteiger partial charge in [-0.3, -0.25) is 0 Å². The SMILES string of the molecule is C.C1=Cc2cccc3cccc1c23. The molecule has 2 aromatic carbocycles. The zero-order chi connectivity index (χ0) is 7.97. The molecule has 0 spiro atoms. The highest BCUT2D eigenvalue weighted by atomic mass is 14.1. The fourth-order valence-electron chi connectivity index (χ4n) is 1.86. The molecule has 0 aromatic heterocycles. The predicted octanol–water partition coefficient (Wildman–Crippen LogP) is 3.96. The predicted molar refractivity (Wildman–Crippen MR) is 59.6 cm³/mol. The van der Waals surface area contributed by atoms with Crippen molar-refractivity contribution >= 4 is 22.9 Å². The van der Waals surface area contributed by atoms with E-state index in [1.807, 2.05) is 0 Å². The topological polar surface area (TPSA) is 0 Å². The number of hydrogen-bond acceptors (Lipinski definition) is 0. The van der Waals surface area contributed by atoms with Crippen molar-refractivity contribution < 1.29 is 0 Å². The monoisotopic (exact) mass is 168 g/mol. The van der Waals surface area contributed by atoms with Crippen molar-refractivity contribution in [2.75, 3.05) is 0 Å². The van der Waals surface area contributed by atoms with Crippen molar-refractivity contribution in [2.24, 2.45) is 0 Å². The summed E-state index contributed by atoms with van der Waals surface area (Å²) in [4.78, 5) is 0. The maximum absolute atomic E-state index is 2.18. The standard InChI is InChI=1S/C12H8.CH4/c1-3-9-4-2-6-11-8-7-10(5-1)12(9)11;/h1-8H;1H4. The fourth-order valence-corrected chi connectivity index (χ4v) is 1.86. The van der Waals surface area contributed by atoms with Crippen molar-refractivity contribution in [3.05, 3.63) is 47.5 Å². The van der Waals surface area contributed by atoms with Crippen LogP contribution in [0.25, 0.3) is 22.9 Å². The third kappa shape index (κ3) is 0.988. The lowest BCUT2D eigenvalue weighted by molar-refractivity contribution is 1.72. The minimum Gasteiger partial charge on any atom is -0.0776 e. The van der Waals surface area contributed by atoms with Crippen LogP contribution in [0, 0.1) is 0 Å². The van der Waals surface area contributed by atoms with Gasteiger partial charge >= 0.3 is 0 Å². The van der Waals surface area contributed by atoms with E-state index < -0.39 is 0 Å². The molecule has 0 amide bonds. The zero-order valence-electron chi connectivity index (χ0n) is 6.62. The number of hydrogen-bond donors (Lipinski definition) is 0. The molecule has 0 bridgehead atoms. The van der Waals surface area contributed by atoms with E-state index in [1.165, 1.54) is 21.9 Å². The second-order valence-corrected chi connectivity index (χ2v) is 3.13. The molecule has 0 nitrogen and oxygen atoms in total. The third-order valence-corrected chi connectivity index (χ3v) is 2.41. The molecule has 0 saturated heterocycles. The smallest absolute Gasteiger partial charge is 0.00389 e. The fraction of sp³-hybridized carbons (Fsp3) is 0.0769. The van der Waals surface area contributed by atoms with Crippen molar-refractivity contribution in [1.29, 1.82) is 0 Å². The molecular weight excluding hydrogens is 156 g/mol. The molecule has 0 fully saturated rings. The van der Waals surface area contributed by atoms with Gasteiger partial charge in [-0.2, -0.15) is 0 Å². The Morgan fingerprint density at radius 3 is 1.77 bits per heavy atom. The van der Waals surface area contributed by atoms with E-state index in [2.05, 4.69) is 48.6 Å². The van der Waals surface area contributed by atoms with Crippen LogP contribution >= 0.6 is 0 Å². The quantitative estimate of drug-likeness (QED) is 0.476. The van der Waals surface area contributed by atoms with E-state index in [0.717, 1.165) is 0 Å². The van der Waals surface area contributed by atoms with Crippen LogP contribution in [-0.4, -0.2) is 0 Å². The largest absolute Gasteiger partial charge is 0.0776 e. The van der Waals surface area contributed by atoms with Crippen molar-refractivity contribution in [3.8, 4) is 0 Å². The van der Waals surface area contributed by atoms with Crippen LogP contribution in [0.3, 0.4) is 0 Å². The molecule has 0 radical (unpaired) electrons. The summed E-state index contributed by atoms with van der Waals surface area (Å²) >= 11 is 0. The van der Waals surface area contributed by atoms with Crippen molar-refractivity contribution in [2.45, 2.75) is 7.43 Å². The Balaban J connectivity index is 0.000000653. The normalized spacial score (nSPS) is 11.7. The van der Waals surface area contributed by atoms with Crippen molar-refractivity contribution in [1.82, 2.24) is 0 Å². The Hall–Kier alpha value is -1.56. The van der Waals surface area contributed by atoms with Gasteiger partial charge in [0.25, 0.3) is 0 Å². The molecule has 2 aromatic rings. The Bertz CT molecular complexity index is 438. The number of rotatable bonds is 0. The molecule has 1 aliphatic rings. The van der Waals surface area contributed by atoms with E-state index in [0.29, 0.717) is 0 Å². The third-order valence-electron chi connectivity index (χ3n) is 2.41. The van der Waals surface area contributed by atoms with Crippen molar-refractivity contribution in [3.63, 3.8) is 0 Å². The van der Waals surface area contributed by atoms with Crippen LogP contribution < -0.4 is 0 Å². The molecule has 13 heavy (non-hydrogen) atoms. The van der Waals surface area contributed by atoms with E-state index in [-0.39, 0.29) is 7.43 Å². The lowest BCUT2D eigenvalue weighted by Gasteiger charge is -1.99. The Kier molecular flexibility index (Phi) is 1.70. The van der Waals surface area contributed by atoms with Gasteiger partial charge in [0.2, 0.25) is 0 Å². The maximum atomic E-state index is 2.18. The highest BCUT2D eigenvalue weighted by molar-refractivity contribution is 6.04. The summed E-state index contributed by atoms with van der Waals surface area (Å²) in [6.07, 6.45) is 4.36. The molecule has 1 aliphatic carbocycles. The van der Waals surface area contributed by atoms with E-state index in [1.54, 1.807) is 0 Å². The Morgan fingerprint density at radius 1 is 0.692 bits per heavy atom. The summed E-state index contributed by atoms with van der Waals surface area (Å²) in [5, 5.41) is 2.75. The van der Waals surface area contributed by atoms with Gasteiger partial charge < -0.3 is 0 Å². The van der Waals surface area contributed by atoms with Crippen LogP contribution in [-0.2, 0) is 0 Å². The van der Waals surface area contributed by atoms with Gasteiger partial charge in [-0.05, 0) is 21.9 Å². The van der Waals surface area contributed by atoms with Crippen LogP contribution in [0.5, 0.6) is 0 Å². The highest BCUT2D eigenvalue weighted by Gasteiger charge is 2.06. The molecule has 0 heterocycles. The molecule has 0 saturated carbocycles. The highest BCUT2D eigenvalue weighted by Crippen LogP contribution is 2.30. The molecule has 0 aliphatic heterocycles. The van der Waals surface area contributed by atoms with E-state index in [9.17, 15) is 0 Å². The molecule has 0 N–H and O–H groups in total. The second-order valence-electron chi connectivity index (χ2n) is 3.13. The lowest BCUT2D eigenvalue weighted by atomic mass is 10.0. The van der Waals surface area contributed by atoms with Gasteiger partial charge in [0.1, 0.15) is 0 Å². The minimum absolute atomic E-state index is 0. The van der Waals surface area contributed by atoms with Gasteiger partial charge in [0.15, 0.2) is 0 Å². The Morgan fingerprint density at radius 2 is 1.23 bits per heavy atom. The first-order valence-electron chi connectivity index (χ1n) is 4.15. The summed E-state index contributed by atoms with van der Waals surface area (Å²) in [6, 6.07) is 12.9. The van der Waals surface area contributed by atoms with E-state index >= 15 is 0 Å². The molecule has 64 valence electrons. The van der Waals surface area contributed by atoms with Gasteiger partial charge in [0.05, 0.1) is 0 Å². The van der Waals surface area contributed by atoms with Crippen LogP contribution in [0.4, 0.5) is 0 Å². The van der Waals surface area contributed by atoms with Crippen LogP contribution in [0.2, 0.25) is 0 Å². The van der Waals surface area contributed by atoms with Crippen LogP contribution in [0.15, 0.2) is 36.4 Å². The molecule has 0 heteroatoms. The maximum Gasteiger partial charge on any atom is -0.00389 e. The van der Waals surface area contributed by atoms with E-state index in [4.69, 9.17) is 0 Å². The number of benzene rings is 2. The van der Waals surface area contributed by atoms with Crippen LogP contribution in [0.1, 0.15) is 18.6 Å². The first kappa shape index (κ1) is 8.06. The average Bonchev–Trinajstić information content (AvgIpc) is 2.52. The summed E-state index contributed by atoms with van der Waals surface area (Å²) in [5.74, 6) is 0. The molecule has 3 rings (SSSR count).